The zero-order valence-corrected chi connectivity index (χ0v) is 8.92. The Morgan fingerprint density at radius 1 is 1.38 bits per heavy atom. The van der Waals surface area contributed by atoms with E-state index in [4.69, 9.17) is 4.74 Å². The Kier molecular flexibility index (Phi) is 3.28. The van der Waals surface area contributed by atoms with Crippen LogP contribution in [0.3, 0.4) is 0 Å². The topological polar surface area (TPSA) is 63.2 Å². The first-order valence-electron chi connectivity index (χ1n) is 5.01. The van der Waals surface area contributed by atoms with Gasteiger partial charge in [0.15, 0.2) is 0 Å². The number of rotatable bonds is 4. The summed E-state index contributed by atoms with van der Waals surface area (Å²) in [6.45, 7) is 2.63. The lowest BCUT2D eigenvalue weighted by Gasteiger charge is -2.01. The minimum atomic E-state index is 0.494. The van der Waals surface area contributed by atoms with Crippen molar-refractivity contribution in [3.63, 3.8) is 0 Å². The monoisotopic (exact) mass is 216 g/mol. The molecule has 1 heterocycles. The lowest BCUT2D eigenvalue weighted by Crippen LogP contribution is -1.91. The van der Waals surface area contributed by atoms with Crippen LogP contribution in [0.1, 0.15) is 12.5 Å². The van der Waals surface area contributed by atoms with E-state index in [1.165, 1.54) is 6.33 Å². The van der Waals surface area contributed by atoms with Gasteiger partial charge in [0.2, 0.25) is 5.95 Å². The van der Waals surface area contributed by atoms with E-state index in [-0.39, 0.29) is 0 Å². The van der Waals surface area contributed by atoms with Crippen molar-refractivity contribution in [2.75, 3.05) is 6.61 Å². The van der Waals surface area contributed by atoms with Gasteiger partial charge in [0, 0.05) is 6.21 Å². The van der Waals surface area contributed by atoms with Crippen LogP contribution in [0.4, 0.5) is 5.95 Å². The van der Waals surface area contributed by atoms with Crippen LogP contribution in [0.2, 0.25) is 0 Å². The summed E-state index contributed by atoms with van der Waals surface area (Å²) in [4.78, 5) is 8.01. The van der Waals surface area contributed by atoms with Crippen molar-refractivity contribution < 1.29 is 4.74 Å². The van der Waals surface area contributed by atoms with Crippen LogP contribution in [-0.4, -0.2) is 28.0 Å². The van der Waals surface area contributed by atoms with Gasteiger partial charge in [-0.2, -0.15) is 10.1 Å². The van der Waals surface area contributed by atoms with Crippen LogP contribution < -0.4 is 4.74 Å². The second-order valence-electron chi connectivity index (χ2n) is 3.07. The number of aromatic amines is 1. The number of aromatic nitrogens is 3. The Labute approximate surface area is 93.2 Å². The Morgan fingerprint density at radius 2 is 2.19 bits per heavy atom. The molecule has 2 aromatic rings. The van der Waals surface area contributed by atoms with Crippen LogP contribution in [0.5, 0.6) is 5.75 Å². The molecule has 0 aliphatic rings. The molecular formula is C11H12N4O. The van der Waals surface area contributed by atoms with Crippen molar-refractivity contribution in [1.82, 2.24) is 15.2 Å². The number of benzene rings is 1. The lowest BCUT2D eigenvalue weighted by molar-refractivity contribution is 0.340. The summed E-state index contributed by atoms with van der Waals surface area (Å²) in [7, 11) is 0. The van der Waals surface area contributed by atoms with Crippen LogP contribution >= 0.6 is 0 Å². The first-order valence-corrected chi connectivity index (χ1v) is 5.01. The summed E-state index contributed by atoms with van der Waals surface area (Å²) >= 11 is 0. The van der Waals surface area contributed by atoms with Crippen LogP contribution in [0.25, 0.3) is 0 Å². The van der Waals surface area contributed by atoms with E-state index in [2.05, 4.69) is 20.2 Å². The normalized spacial score (nSPS) is 10.8. The number of nitrogens with zero attached hydrogens (tertiary/aromatic N) is 3. The summed E-state index contributed by atoms with van der Waals surface area (Å²) in [5, 5.41) is 6.36. The van der Waals surface area contributed by atoms with Gasteiger partial charge in [0.25, 0.3) is 0 Å². The van der Waals surface area contributed by atoms with E-state index in [0.29, 0.717) is 12.6 Å². The van der Waals surface area contributed by atoms with Crippen molar-refractivity contribution in [3.8, 4) is 5.75 Å². The number of aliphatic imine (C=N–C) groups is 1. The van der Waals surface area contributed by atoms with Crippen molar-refractivity contribution in [3.05, 3.63) is 36.2 Å². The van der Waals surface area contributed by atoms with Gasteiger partial charge in [-0.15, -0.1) is 0 Å². The largest absolute Gasteiger partial charge is 0.494 e. The van der Waals surface area contributed by atoms with E-state index >= 15 is 0 Å². The highest BCUT2D eigenvalue weighted by Crippen LogP contribution is 2.11. The Hall–Kier alpha value is -2.17. The molecule has 5 nitrogen and oxygen atoms in total. The molecule has 1 N–H and O–H groups in total. The Bertz CT molecular complexity index is 447. The highest BCUT2D eigenvalue weighted by atomic mass is 16.5. The molecule has 2 rings (SSSR count). The highest BCUT2D eigenvalue weighted by molar-refractivity contribution is 5.81. The summed E-state index contributed by atoms with van der Waals surface area (Å²) in [5.41, 5.74) is 0.986. The van der Waals surface area contributed by atoms with Gasteiger partial charge in [-0.05, 0) is 36.8 Å². The molecule has 0 fully saturated rings. The summed E-state index contributed by atoms with van der Waals surface area (Å²) in [6.07, 6.45) is 3.14. The first kappa shape index (κ1) is 10.4. The fourth-order valence-corrected chi connectivity index (χ4v) is 1.21. The minimum Gasteiger partial charge on any atom is -0.494 e. The third-order valence-corrected chi connectivity index (χ3v) is 1.93. The van der Waals surface area contributed by atoms with Crippen molar-refractivity contribution in [2.45, 2.75) is 6.92 Å². The fourth-order valence-electron chi connectivity index (χ4n) is 1.21. The molecule has 0 atom stereocenters. The Morgan fingerprint density at radius 3 is 2.81 bits per heavy atom. The molecule has 5 heteroatoms. The average molecular weight is 216 g/mol. The summed E-state index contributed by atoms with van der Waals surface area (Å²) < 4.78 is 5.34. The maximum atomic E-state index is 5.34. The maximum Gasteiger partial charge on any atom is 0.245 e. The van der Waals surface area contributed by atoms with Crippen LogP contribution in [-0.2, 0) is 0 Å². The van der Waals surface area contributed by atoms with E-state index in [0.717, 1.165) is 11.3 Å². The molecule has 0 spiro atoms. The van der Waals surface area contributed by atoms with E-state index in [9.17, 15) is 0 Å². The molecule has 0 aliphatic heterocycles. The second kappa shape index (κ2) is 5.06. The van der Waals surface area contributed by atoms with Gasteiger partial charge in [-0.25, -0.2) is 10.1 Å². The van der Waals surface area contributed by atoms with Gasteiger partial charge in [0.05, 0.1) is 6.61 Å². The van der Waals surface area contributed by atoms with Crippen LogP contribution in [0.15, 0.2) is 35.6 Å². The molecule has 16 heavy (non-hydrogen) atoms. The third kappa shape index (κ3) is 2.66. The van der Waals surface area contributed by atoms with Gasteiger partial charge in [0.1, 0.15) is 12.1 Å². The van der Waals surface area contributed by atoms with E-state index in [1.807, 2.05) is 31.2 Å². The first-order chi connectivity index (χ1) is 7.88. The van der Waals surface area contributed by atoms with Gasteiger partial charge in [-0.3, -0.25) is 0 Å². The minimum absolute atomic E-state index is 0.494. The SMILES string of the molecule is CCOc1ccc(C=Nc2ncn[nH]2)cc1. The van der Waals surface area contributed by atoms with E-state index in [1.54, 1.807) is 6.21 Å². The maximum absolute atomic E-state index is 5.34. The molecule has 0 saturated carbocycles. The van der Waals surface area contributed by atoms with Crippen LogP contribution in [0, 0.1) is 0 Å². The summed E-state index contributed by atoms with van der Waals surface area (Å²) in [5.74, 6) is 1.35. The highest BCUT2D eigenvalue weighted by Gasteiger charge is 1.93. The molecule has 1 aromatic heterocycles. The zero-order chi connectivity index (χ0) is 11.2. The third-order valence-electron chi connectivity index (χ3n) is 1.93. The van der Waals surface area contributed by atoms with Crippen molar-refractivity contribution in [2.24, 2.45) is 4.99 Å². The zero-order valence-electron chi connectivity index (χ0n) is 8.92. The number of ether oxygens (including phenoxy) is 1. The predicted octanol–water partition coefficient (Wildman–Crippen LogP) is 1.95. The van der Waals surface area contributed by atoms with Crippen molar-refractivity contribution in [1.29, 1.82) is 0 Å². The fraction of sp³-hybridized carbons (Fsp3) is 0.182. The average Bonchev–Trinajstić information content (AvgIpc) is 2.82. The molecule has 0 aliphatic carbocycles. The number of H-pyrrole nitrogens is 1. The smallest absolute Gasteiger partial charge is 0.245 e. The van der Waals surface area contributed by atoms with Crippen molar-refractivity contribution >= 4 is 12.2 Å². The molecule has 0 unspecified atom stereocenters. The summed E-state index contributed by atoms with van der Waals surface area (Å²) in [6, 6.07) is 7.69. The predicted molar refractivity (Wildman–Crippen MR) is 61.2 cm³/mol. The number of hydrogen-bond acceptors (Lipinski definition) is 4. The molecule has 0 radical (unpaired) electrons. The quantitative estimate of drug-likeness (QED) is 0.794. The molecule has 0 bridgehead atoms. The van der Waals surface area contributed by atoms with Gasteiger partial charge < -0.3 is 4.74 Å². The standard InChI is InChI=1S/C11H12N4O/c1-2-16-10-5-3-9(4-6-10)7-12-11-13-8-14-15-11/h3-8H,2H2,1H3,(H,13,14,15). The van der Waals surface area contributed by atoms with Gasteiger partial charge in [-0.1, -0.05) is 0 Å². The Balaban J connectivity index is 2.05. The lowest BCUT2D eigenvalue weighted by atomic mass is 10.2. The number of nitrogens with one attached hydrogen (secondary N) is 1. The van der Waals surface area contributed by atoms with E-state index < -0.39 is 0 Å². The molecule has 82 valence electrons. The molecule has 1 aromatic carbocycles. The molecular weight excluding hydrogens is 204 g/mol. The second-order valence-corrected chi connectivity index (χ2v) is 3.07. The molecule has 0 amide bonds. The van der Waals surface area contributed by atoms with Gasteiger partial charge >= 0.3 is 0 Å². The number of hydrogen-bond donors (Lipinski definition) is 1. The molecule has 0 saturated heterocycles.